The second kappa shape index (κ2) is 7.75. The molecule has 0 bridgehead atoms. The molecular formula is C13H27NO4S2. The minimum atomic E-state index is -2.99. The van der Waals surface area contributed by atoms with Crippen LogP contribution in [0.5, 0.6) is 0 Å². The van der Waals surface area contributed by atoms with Crippen molar-refractivity contribution in [1.29, 1.82) is 0 Å². The molecule has 0 aromatic rings. The predicted molar refractivity (Wildman–Crippen MR) is 82.4 cm³/mol. The second-order valence-electron chi connectivity index (χ2n) is 5.67. The standard InChI is InChI=1S/C13H27NO4S2/c1-3-7-19(15,16)8-5-12(10-14-4-2)13-6-9-20(17,18)11-13/h12-14H,3-11H2,1-2H3. The number of rotatable bonds is 9. The quantitative estimate of drug-likeness (QED) is 0.680. The van der Waals surface area contributed by atoms with Gasteiger partial charge in [0.15, 0.2) is 9.84 Å². The zero-order chi connectivity index (χ0) is 15.2. The molecule has 0 aliphatic carbocycles. The molecule has 7 heteroatoms. The molecule has 20 heavy (non-hydrogen) atoms. The van der Waals surface area contributed by atoms with Crippen molar-refractivity contribution in [3.05, 3.63) is 0 Å². The highest BCUT2D eigenvalue weighted by Gasteiger charge is 2.33. The summed E-state index contributed by atoms with van der Waals surface area (Å²) >= 11 is 0. The second-order valence-corrected chi connectivity index (χ2v) is 10.2. The van der Waals surface area contributed by atoms with Crippen LogP contribution in [0.2, 0.25) is 0 Å². The molecule has 2 unspecified atom stereocenters. The average Bonchev–Trinajstić information content (AvgIpc) is 2.69. The first-order valence-corrected chi connectivity index (χ1v) is 11.1. The van der Waals surface area contributed by atoms with Crippen molar-refractivity contribution in [1.82, 2.24) is 5.32 Å². The highest BCUT2D eigenvalue weighted by atomic mass is 32.2. The van der Waals surface area contributed by atoms with Crippen molar-refractivity contribution in [2.45, 2.75) is 33.1 Å². The summed E-state index contributed by atoms with van der Waals surface area (Å²) in [4.78, 5) is 0. The third-order valence-electron chi connectivity index (χ3n) is 3.91. The van der Waals surface area contributed by atoms with E-state index in [9.17, 15) is 16.8 Å². The Morgan fingerprint density at radius 1 is 1.25 bits per heavy atom. The molecule has 1 rings (SSSR count). The van der Waals surface area contributed by atoms with Crippen molar-refractivity contribution >= 4 is 19.7 Å². The first-order valence-electron chi connectivity index (χ1n) is 7.41. The van der Waals surface area contributed by atoms with Gasteiger partial charge in [0, 0.05) is 5.75 Å². The van der Waals surface area contributed by atoms with Crippen LogP contribution >= 0.6 is 0 Å². The molecule has 0 aromatic heterocycles. The van der Waals surface area contributed by atoms with Crippen molar-refractivity contribution in [2.75, 3.05) is 36.1 Å². The van der Waals surface area contributed by atoms with Crippen LogP contribution in [0.25, 0.3) is 0 Å². The molecule has 1 aliphatic heterocycles. The van der Waals surface area contributed by atoms with E-state index in [4.69, 9.17) is 0 Å². The van der Waals surface area contributed by atoms with E-state index in [0.717, 1.165) is 6.54 Å². The van der Waals surface area contributed by atoms with Crippen LogP contribution in [0.15, 0.2) is 0 Å². The lowest BCUT2D eigenvalue weighted by Gasteiger charge is -2.22. The molecule has 0 radical (unpaired) electrons. The van der Waals surface area contributed by atoms with E-state index < -0.39 is 19.7 Å². The maximum atomic E-state index is 11.8. The highest BCUT2D eigenvalue weighted by Crippen LogP contribution is 2.28. The van der Waals surface area contributed by atoms with Gasteiger partial charge >= 0.3 is 0 Å². The van der Waals surface area contributed by atoms with Crippen molar-refractivity contribution in [2.24, 2.45) is 11.8 Å². The van der Waals surface area contributed by atoms with Crippen molar-refractivity contribution in [3.63, 3.8) is 0 Å². The Morgan fingerprint density at radius 3 is 2.45 bits per heavy atom. The third kappa shape index (κ3) is 6.10. The number of hydrogen-bond acceptors (Lipinski definition) is 5. The summed E-state index contributed by atoms with van der Waals surface area (Å²) in [6, 6.07) is 0. The fourth-order valence-electron chi connectivity index (χ4n) is 2.77. The lowest BCUT2D eigenvalue weighted by Crippen LogP contribution is -2.31. The molecule has 0 saturated carbocycles. The third-order valence-corrected chi connectivity index (χ3v) is 7.59. The lowest BCUT2D eigenvalue weighted by atomic mass is 9.89. The monoisotopic (exact) mass is 325 g/mol. The molecule has 0 spiro atoms. The Bertz CT molecular complexity index is 485. The zero-order valence-corrected chi connectivity index (χ0v) is 14.1. The van der Waals surface area contributed by atoms with Crippen LogP contribution in [0, 0.1) is 11.8 Å². The smallest absolute Gasteiger partial charge is 0.150 e. The van der Waals surface area contributed by atoms with Gasteiger partial charge in [0.25, 0.3) is 0 Å². The summed E-state index contributed by atoms with van der Waals surface area (Å²) in [5.74, 6) is 1.12. The molecule has 1 saturated heterocycles. The van der Waals surface area contributed by atoms with Crippen LogP contribution in [-0.2, 0) is 19.7 Å². The van der Waals surface area contributed by atoms with Crippen molar-refractivity contribution < 1.29 is 16.8 Å². The Morgan fingerprint density at radius 2 is 1.95 bits per heavy atom. The SMILES string of the molecule is CCCS(=O)(=O)CCC(CNCC)C1CCS(=O)(=O)C1. The van der Waals surface area contributed by atoms with Gasteiger partial charge in [0.1, 0.15) is 9.84 Å². The molecular weight excluding hydrogens is 298 g/mol. The minimum Gasteiger partial charge on any atom is -0.317 e. The van der Waals surface area contributed by atoms with Crippen LogP contribution in [0.3, 0.4) is 0 Å². The summed E-state index contributed by atoms with van der Waals surface area (Å²) in [5.41, 5.74) is 0. The fourth-order valence-corrected chi connectivity index (χ4v) is 6.18. The maximum absolute atomic E-state index is 11.8. The lowest BCUT2D eigenvalue weighted by molar-refractivity contribution is 0.339. The van der Waals surface area contributed by atoms with Crippen LogP contribution < -0.4 is 5.32 Å². The van der Waals surface area contributed by atoms with Gasteiger partial charge in [-0.1, -0.05) is 13.8 Å². The first-order chi connectivity index (χ1) is 9.29. The molecule has 1 fully saturated rings. The van der Waals surface area contributed by atoms with Crippen molar-refractivity contribution in [3.8, 4) is 0 Å². The molecule has 1 aliphatic rings. The Labute approximate surface area is 123 Å². The van der Waals surface area contributed by atoms with Gasteiger partial charge in [-0.15, -0.1) is 0 Å². The van der Waals surface area contributed by atoms with Gasteiger partial charge in [0.2, 0.25) is 0 Å². The van der Waals surface area contributed by atoms with Gasteiger partial charge in [-0.05, 0) is 44.2 Å². The number of sulfone groups is 2. The molecule has 0 aromatic carbocycles. The van der Waals surface area contributed by atoms with E-state index in [0.29, 0.717) is 25.8 Å². The van der Waals surface area contributed by atoms with Crippen LogP contribution in [0.4, 0.5) is 0 Å². The summed E-state index contributed by atoms with van der Waals surface area (Å²) in [7, 11) is -5.89. The highest BCUT2D eigenvalue weighted by molar-refractivity contribution is 7.91. The topological polar surface area (TPSA) is 80.3 Å². The largest absolute Gasteiger partial charge is 0.317 e. The predicted octanol–water partition coefficient (Wildman–Crippen LogP) is 0.862. The first kappa shape index (κ1) is 17.9. The molecule has 5 nitrogen and oxygen atoms in total. The molecule has 0 amide bonds. The van der Waals surface area contributed by atoms with Crippen LogP contribution in [-0.4, -0.2) is 52.9 Å². The van der Waals surface area contributed by atoms with E-state index in [1.807, 2.05) is 13.8 Å². The molecule has 1 N–H and O–H groups in total. The Kier molecular flexibility index (Phi) is 6.94. The maximum Gasteiger partial charge on any atom is 0.150 e. The van der Waals surface area contributed by atoms with Crippen LogP contribution in [0.1, 0.15) is 33.1 Å². The summed E-state index contributed by atoms with van der Waals surface area (Å²) < 4.78 is 46.8. The Hall–Kier alpha value is -0.140. The molecule has 2 atom stereocenters. The van der Waals surface area contributed by atoms with Gasteiger partial charge in [-0.3, -0.25) is 0 Å². The van der Waals surface area contributed by atoms with E-state index in [-0.39, 0.29) is 34.8 Å². The van der Waals surface area contributed by atoms with Gasteiger partial charge in [-0.25, -0.2) is 16.8 Å². The average molecular weight is 325 g/mol. The van der Waals surface area contributed by atoms with Gasteiger partial charge in [0.05, 0.1) is 17.3 Å². The molecule has 1 heterocycles. The van der Waals surface area contributed by atoms with E-state index >= 15 is 0 Å². The Balaban J connectivity index is 2.61. The summed E-state index contributed by atoms with van der Waals surface area (Å²) in [6.45, 7) is 5.38. The van der Waals surface area contributed by atoms with E-state index in [1.54, 1.807) is 0 Å². The minimum absolute atomic E-state index is 0.107. The number of nitrogens with one attached hydrogen (secondary N) is 1. The summed E-state index contributed by atoms with van der Waals surface area (Å²) in [6.07, 6.45) is 1.87. The van der Waals surface area contributed by atoms with E-state index in [2.05, 4.69) is 5.32 Å². The van der Waals surface area contributed by atoms with Gasteiger partial charge in [-0.2, -0.15) is 0 Å². The fraction of sp³-hybridized carbons (Fsp3) is 1.00. The van der Waals surface area contributed by atoms with E-state index in [1.165, 1.54) is 0 Å². The van der Waals surface area contributed by atoms with Gasteiger partial charge < -0.3 is 5.32 Å². The number of hydrogen-bond donors (Lipinski definition) is 1. The zero-order valence-electron chi connectivity index (χ0n) is 12.5. The normalized spacial score (nSPS) is 23.8. The summed E-state index contributed by atoms with van der Waals surface area (Å²) in [5, 5.41) is 3.23. The molecule has 120 valence electrons.